The molecule has 1 N–H and O–H groups in total. The van der Waals surface area contributed by atoms with E-state index in [4.69, 9.17) is 4.74 Å². The van der Waals surface area contributed by atoms with Crippen LogP contribution in [0.2, 0.25) is 0 Å². The summed E-state index contributed by atoms with van der Waals surface area (Å²) in [6.07, 6.45) is -3.68. The second kappa shape index (κ2) is 6.60. The highest BCUT2D eigenvalue weighted by molar-refractivity contribution is 5.83. The second-order valence-corrected chi connectivity index (χ2v) is 2.73. The molecule has 0 aliphatic rings. The van der Waals surface area contributed by atoms with E-state index in [1.807, 2.05) is 0 Å². The molecule has 0 spiro atoms. The minimum Gasteiger partial charge on any atom is -0.382 e. The van der Waals surface area contributed by atoms with Crippen LogP contribution in [0, 0.1) is 0 Å². The summed E-state index contributed by atoms with van der Waals surface area (Å²) in [7, 11) is 0. The summed E-state index contributed by atoms with van der Waals surface area (Å²) >= 11 is 0. The summed E-state index contributed by atoms with van der Waals surface area (Å²) in [6.45, 7) is 2.41. The number of alkyl halides is 4. The minimum atomic E-state index is -4.62. The Morgan fingerprint density at radius 1 is 1.47 bits per heavy atom. The van der Waals surface area contributed by atoms with E-state index in [-0.39, 0.29) is 13.2 Å². The lowest BCUT2D eigenvalue weighted by atomic mass is 10.3. The highest BCUT2D eigenvalue weighted by atomic mass is 19.3. The van der Waals surface area contributed by atoms with Gasteiger partial charge in [0.25, 0.3) is 5.91 Å². The predicted molar refractivity (Wildman–Crippen MR) is 45.1 cm³/mol. The molecule has 0 rings (SSSR count). The van der Waals surface area contributed by atoms with Crippen LogP contribution in [0.15, 0.2) is 0 Å². The van der Waals surface area contributed by atoms with Gasteiger partial charge in [0.1, 0.15) is 0 Å². The summed E-state index contributed by atoms with van der Waals surface area (Å²) in [5.41, 5.74) is 0. The first kappa shape index (κ1) is 14.2. The Kier molecular flexibility index (Phi) is 6.23. The highest BCUT2D eigenvalue weighted by Gasteiger charge is 2.48. The highest BCUT2D eigenvalue weighted by Crippen LogP contribution is 2.22. The molecule has 0 saturated carbocycles. The fraction of sp³-hybridized carbons (Fsp3) is 0.875. The van der Waals surface area contributed by atoms with E-state index < -0.39 is 18.3 Å². The van der Waals surface area contributed by atoms with Gasteiger partial charge in [-0.25, -0.2) is 8.78 Å². The van der Waals surface area contributed by atoms with Gasteiger partial charge in [0.05, 0.1) is 0 Å². The Labute approximate surface area is 84.8 Å². The van der Waals surface area contributed by atoms with Crippen LogP contribution < -0.4 is 5.32 Å². The molecule has 0 aromatic carbocycles. The van der Waals surface area contributed by atoms with Crippen molar-refractivity contribution in [2.45, 2.75) is 25.7 Å². The van der Waals surface area contributed by atoms with Gasteiger partial charge in [-0.3, -0.25) is 4.79 Å². The topological polar surface area (TPSA) is 38.3 Å². The van der Waals surface area contributed by atoms with Crippen LogP contribution in [-0.2, 0) is 9.53 Å². The van der Waals surface area contributed by atoms with Gasteiger partial charge in [-0.2, -0.15) is 8.78 Å². The number of halogens is 4. The molecule has 0 saturated heterocycles. The lowest BCUT2D eigenvalue weighted by Gasteiger charge is -2.14. The molecule has 0 fully saturated rings. The molecular weight excluding hydrogens is 218 g/mol. The number of ether oxygens (including phenoxy) is 1. The Morgan fingerprint density at radius 2 is 2.07 bits per heavy atom. The molecule has 0 atom stereocenters. The van der Waals surface area contributed by atoms with Crippen molar-refractivity contribution in [2.75, 3.05) is 19.8 Å². The summed E-state index contributed by atoms with van der Waals surface area (Å²) in [6, 6.07) is 0. The van der Waals surface area contributed by atoms with Gasteiger partial charge in [0, 0.05) is 19.8 Å². The Hall–Kier alpha value is -0.850. The van der Waals surface area contributed by atoms with E-state index in [1.165, 1.54) is 0 Å². The zero-order chi connectivity index (χ0) is 11.9. The van der Waals surface area contributed by atoms with Crippen LogP contribution in [0.25, 0.3) is 0 Å². The maximum absolute atomic E-state index is 12.3. The van der Waals surface area contributed by atoms with E-state index in [2.05, 4.69) is 0 Å². The monoisotopic (exact) mass is 231 g/mol. The molecule has 0 bridgehead atoms. The third kappa shape index (κ3) is 4.96. The van der Waals surface area contributed by atoms with Crippen molar-refractivity contribution in [3.05, 3.63) is 0 Å². The first-order valence-electron chi connectivity index (χ1n) is 4.45. The van der Waals surface area contributed by atoms with Crippen molar-refractivity contribution in [3.8, 4) is 0 Å². The van der Waals surface area contributed by atoms with Gasteiger partial charge in [0.2, 0.25) is 0 Å². The molecule has 0 aliphatic carbocycles. The Morgan fingerprint density at radius 3 is 2.53 bits per heavy atom. The van der Waals surface area contributed by atoms with E-state index in [0.717, 1.165) is 0 Å². The van der Waals surface area contributed by atoms with Crippen LogP contribution in [0.3, 0.4) is 0 Å². The van der Waals surface area contributed by atoms with Gasteiger partial charge < -0.3 is 10.1 Å². The predicted octanol–water partition coefficient (Wildman–Crippen LogP) is 1.43. The van der Waals surface area contributed by atoms with Crippen molar-refractivity contribution in [2.24, 2.45) is 0 Å². The summed E-state index contributed by atoms with van der Waals surface area (Å²) in [5, 5.41) is 1.71. The summed E-state index contributed by atoms with van der Waals surface area (Å²) in [4.78, 5) is 10.6. The molecule has 0 aliphatic heterocycles. The van der Waals surface area contributed by atoms with Crippen LogP contribution in [0.5, 0.6) is 0 Å². The largest absolute Gasteiger partial charge is 0.383 e. The second-order valence-electron chi connectivity index (χ2n) is 2.73. The standard InChI is InChI=1S/C8H13F4NO2/c1-2-15-5-3-4-13-7(14)8(11,12)6(9)10/h6H,2-5H2,1H3,(H,13,14). The molecule has 0 radical (unpaired) electrons. The fourth-order valence-corrected chi connectivity index (χ4v) is 0.737. The molecule has 0 unspecified atom stereocenters. The van der Waals surface area contributed by atoms with Crippen LogP contribution >= 0.6 is 0 Å². The molecule has 3 nitrogen and oxygen atoms in total. The number of rotatable bonds is 7. The minimum absolute atomic E-state index is 0.110. The average Bonchev–Trinajstić information content (AvgIpc) is 2.16. The van der Waals surface area contributed by atoms with Crippen molar-refractivity contribution >= 4 is 5.91 Å². The van der Waals surface area contributed by atoms with E-state index in [9.17, 15) is 22.4 Å². The molecular formula is C8H13F4NO2. The third-order valence-corrected chi connectivity index (χ3v) is 1.53. The zero-order valence-electron chi connectivity index (χ0n) is 8.23. The molecule has 7 heteroatoms. The lowest BCUT2D eigenvalue weighted by Crippen LogP contribution is -2.45. The Balaban J connectivity index is 3.74. The van der Waals surface area contributed by atoms with Crippen molar-refractivity contribution in [3.63, 3.8) is 0 Å². The maximum atomic E-state index is 12.3. The molecule has 0 aromatic rings. The van der Waals surface area contributed by atoms with Gasteiger partial charge >= 0.3 is 12.3 Å². The Bertz CT molecular complexity index is 199. The van der Waals surface area contributed by atoms with E-state index in [1.54, 1.807) is 12.2 Å². The quantitative estimate of drug-likeness (QED) is 0.531. The molecule has 0 aromatic heterocycles. The van der Waals surface area contributed by atoms with E-state index >= 15 is 0 Å². The summed E-state index contributed by atoms with van der Waals surface area (Å²) in [5.74, 6) is -6.57. The molecule has 0 heterocycles. The number of carbonyl (C=O) groups is 1. The van der Waals surface area contributed by atoms with Crippen LogP contribution in [0.1, 0.15) is 13.3 Å². The first-order chi connectivity index (χ1) is 6.92. The third-order valence-electron chi connectivity index (χ3n) is 1.53. The van der Waals surface area contributed by atoms with Gasteiger partial charge in [0.15, 0.2) is 0 Å². The van der Waals surface area contributed by atoms with Gasteiger partial charge in [-0.05, 0) is 13.3 Å². The fourth-order valence-electron chi connectivity index (χ4n) is 0.737. The SMILES string of the molecule is CCOCCCNC(=O)C(F)(F)C(F)F. The van der Waals surface area contributed by atoms with E-state index in [0.29, 0.717) is 13.0 Å². The maximum Gasteiger partial charge on any atom is 0.383 e. The van der Waals surface area contributed by atoms with Crippen molar-refractivity contribution in [1.82, 2.24) is 5.32 Å². The number of nitrogens with one attached hydrogen (secondary N) is 1. The summed E-state index contributed by atoms with van der Waals surface area (Å²) < 4.78 is 52.8. The van der Waals surface area contributed by atoms with Crippen molar-refractivity contribution < 1.29 is 27.1 Å². The van der Waals surface area contributed by atoms with Gasteiger partial charge in [-0.1, -0.05) is 0 Å². The number of amides is 1. The molecule has 1 amide bonds. The molecule has 90 valence electrons. The first-order valence-corrected chi connectivity index (χ1v) is 4.45. The van der Waals surface area contributed by atoms with Gasteiger partial charge in [-0.15, -0.1) is 0 Å². The molecule has 15 heavy (non-hydrogen) atoms. The zero-order valence-corrected chi connectivity index (χ0v) is 8.23. The number of hydrogen-bond donors (Lipinski definition) is 1. The normalized spacial score (nSPS) is 11.9. The lowest BCUT2D eigenvalue weighted by molar-refractivity contribution is -0.169. The smallest absolute Gasteiger partial charge is 0.382 e. The average molecular weight is 231 g/mol. The number of carbonyl (C=O) groups excluding carboxylic acids is 1. The number of hydrogen-bond acceptors (Lipinski definition) is 2. The van der Waals surface area contributed by atoms with Crippen LogP contribution in [0.4, 0.5) is 17.6 Å². The van der Waals surface area contributed by atoms with Crippen molar-refractivity contribution in [1.29, 1.82) is 0 Å². The van der Waals surface area contributed by atoms with Crippen LogP contribution in [-0.4, -0.2) is 38.0 Å².